The van der Waals surface area contributed by atoms with E-state index in [-0.39, 0.29) is 12.1 Å². The number of carbonyl (C=O) groups is 1. The fourth-order valence-corrected chi connectivity index (χ4v) is 1.25. The van der Waals surface area contributed by atoms with E-state index >= 15 is 0 Å². The van der Waals surface area contributed by atoms with E-state index < -0.39 is 0 Å². The maximum Gasteiger partial charge on any atom is 0.316 e. The first-order valence-electron chi connectivity index (χ1n) is 5.33. The van der Waals surface area contributed by atoms with Crippen molar-refractivity contribution >= 4 is 6.03 Å². The minimum Gasteiger partial charge on any atom is -0.468 e. The lowest BCUT2D eigenvalue weighted by atomic mass is 10.2. The van der Waals surface area contributed by atoms with Gasteiger partial charge in [0.2, 0.25) is 0 Å². The predicted molar refractivity (Wildman–Crippen MR) is 62.2 cm³/mol. The van der Waals surface area contributed by atoms with Crippen LogP contribution >= 0.6 is 0 Å². The van der Waals surface area contributed by atoms with Gasteiger partial charge in [-0.2, -0.15) is 0 Å². The SMILES string of the molecule is CC(NCCNC(=O)N(C)C)c1ccco1. The van der Waals surface area contributed by atoms with E-state index in [1.807, 2.05) is 19.1 Å². The van der Waals surface area contributed by atoms with Crippen LogP contribution < -0.4 is 10.6 Å². The second-order valence-electron chi connectivity index (χ2n) is 3.82. The molecule has 1 unspecified atom stereocenters. The smallest absolute Gasteiger partial charge is 0.316 e. The van der Waals surface area contributed by atoms with Crippen LogP contribution in [0.5, 0.6) is 0 Å². The molecule has 1 rings (SSSR count). The van der Waals surface area contributed by atoms with E-state index in [0.717, 1.165) is 5.76 Å². The molecule has 90 valence electrons. The van der Waals surface area contributed by atoms with Gasteiger partial charge in [0.05, 0.1) is 12.3 Å². The van der Waals surface area contributed by atoms with Crippen LogP contribution in [0, 0.1) is 0 Å². The van der Waals surface area contributed by atoms with Crippen LogP contribution in [0.1, 0.15) is 18.7 Å². The first-order valence-corrected chi connectivity index (χ1v) is 5.33. The molecule has 2 N–H and O–H groups in total. The molecule has 5 heteroatoms. The monoisotopic (exact) mass is 225 g/mol. The lowest BCUT2D eigenvalue weighted by Gasteiger charge is -2.14. The Kier molecular flexibility index (Phi) is 4.85. The molecule has 16 heavy (non-hydrogen) atoms. The number of hydrogen-bond donors (Lipinski definition) is 2. The summed E-state index contributed by atoms with van der Waals surface area (Å²) in [7, 11) is 3.43. The molecule has 0 aromatic carbocycles. The van der Waals surface area contributed by atoms with Crippen LogP contribution in [-0.2, 0) is 0 Å². The van der Waals surface area contributed by atoms with Gasteiger partial charge in [0.1, 0.15) is 5.76 Å². The molecule has 1 aromatic rings. The summed E-state index contributed by atoms with van der Waals surface area (Å²) in [5.74, 6) is 0.902. The molecular weight excluding hydrogens is 206 g/mol. The van der Waals surface area contributed by atoms with Crippen molar-refractivity contribution in [1.29, 1.82) is 0 Å². The Morgan fingerprint density at radius 1 is 1.50 bits per heavy atom. The minimum atomic E-state index is -0.0764. The molecule has 1 aromatic heterocycles. The number of carbonyl (C=O) groups excluding carboxylic acids is 1. The van der Waals surface area contributed by atoms with Crippen molar-refractivity contribution in [2.75, 3.05) is 27.2 Å². The molecule has 0 saturated carbocycles. The number of amides is 2. The molecule has 0 fully saturated rings. The molecule has 0 radical (unpaired) electrons. The number of rotatable bonds is 5. The standard InChI is InChI=1S/C11H19N3O2/c1-9(10-5-4-8-16-10)12-6-7-13-11(15)14(2)3/h4-5,8-9,12H,6-7H2,1-3H3,(H,13,15). The number of nitrogens with zero attached hydrogens (tertiary/aromatic N) is 1. The highest BCUT2D eigenvalue weighted by atomic mass is 16.3. The second kappa shape index (κ2) is 6.17. The van der Waals surface area contributed by atoms with Crippen LogP contribution in [0.15, 0.2) is 22.8 Å². The van der Waals surface area contributed by atoms with Gasteiger partial charge in [0, 0.05) is 27.2 Å². The fraction of sp³-hybridized carbons (Fsp3) is 0.545. The highest BCUT2D eigenvalue weighted by Gasteiger charge is 2.07. The van der Waals surface area contributed by atoms with Crippen molar-refractivity contribution in [3.8, 4) is 0 Å². The summed E-state index contributed by atoms with van der Waals surface area (Å²) in [6.45, 7) is 3.33. The van der Waals surface area contributed by atoms with Gasteiger partial charge in [-0.05, 0) is 19.1 Å². The average Bonchev–Trinajstić information content (AvgIpc) is 2.76. The average molecular weight is 225 g/mol. The van der Waals surface area contributed by atoms with Gasteiger partial charge in [0.15, 0.2) is 0 Å². The molecule has 0 bridgehead atoms. The predicted octanol–water partition coefficient (Wildman–Crippen LogP) is 1.20. The number of furan rings is 1. The lowest BCUT2D eigenvalue weighted by molar-refractivity contribution is 0.217. The zero-order valence-electron chi connectivity index (χ0n) is 9.99. The van der Waals surface area contributed by atoms with Gasteiger partial charge in [-0.3, -0.25) is 0 Å². The van der Waals surface area contributed by atoms with E-state index in [0.29, 0.717) is 13.1 Å². The van der Waals surface area contributed by atoms with Gasteiger partial charge in [-0.25, -0.2) is 4.79 Å². The summed E-state index contributed by atoms with van der Waals surface area (Å²) in [4.78, 5) is 12.7. The lowest BCUT2D eigenvalue weighted by Crippen LogP contribution is -2.38. The van der Waals surface area contributed by atoms with Gasteiger partial charge < -0.3 is 20.0 Å². The zero-order valence-corrected chi connectivity index (χ0v) is 9.99. The molecule has 0 aliphatic heterocycles. The molecule has 0 spiro atoms. The molecule has 1 heterocycles. The third-order valence-electron chi connectivity index (χ3n) is 2.23. The first-order chi connectivity index (χ1) is 7.61. The van der Waals surface area contributed by atoms with E-state index in [2.05, 4.69) is 10.6 Å². The topological polar surface area (TPSA) is 57.5 Å². The Balaban J connectivity index is 2.14. The molecule has 0 saturated heterocycles. The van der Waals surface area contributed by atoms with Gasteiger partial charge >= 0.3 is 6.03 Å². The highest BCUT2D eigenvalue weighted by Crippen LogP contribution is 2.11. The molecule has 0 aliphatic rings. The van der Waals surface area contributed by atoms with E-state index in [1.165, 1.54) is 4.90 Å². The molecule has 2 amide bonds. The van der Waals surface area contributed by atoms with Crippen molar-refractivity contribution in [2.45, 2.75) is 13.0 Å². The maximum atomic E-state index is 11.2. The van der Waals surface area contributed by atoms with Crippen molar-refractivity contribution in [1.82, 2.24) is 15.5 Å². The summed E-state index contributed by atoms with van der Waals surface area (Å²) < 4.78 is 5.25. The fourth-order valence-electron chi connectivity index (χ4n) is 1.25. The second-order valence-corrected chi connectivity index (χ2v) is 3.82. The largest absolute Gasteiger partial charge is 0.468 e. The summed E-state index contributed by atoms with van der Waals surface area (Å²) >= 11 is 0. The molecule has 1 atom stereocenters. The third-order valence-corrected chi connectivity index (χ3v) is 2.23. The summed E-state index contributed by atoms with van der Waals surface area (Å²) in [5.41, 5.74) is 0. The van der Waals surface area contributed by atoms with Gasteiger partial charge in [-0.1, -0.05) is 0 Å². The van der Waals surface area contributed by atoms with Gasteiger partial charge in [0.25, 0.3) is 0 Å². The van der Waals surface area contributed by atoms with Crippen molar-refractivity contribution < 1.29 is 9.21 Å². The summed E-state index contributed by atoms with van der Waals surface area (Å²) in [6, 6.07) is 3.87. The van der Waals surface area contributed by atoms with E-state index in [9.17, 15) is 4.79 Å². The van der Waals surface area contributed by atoms with Crippen LogP contribution in [0.25, 0.3) is 0 Å². The molecule has 5 nitrogen and oxygen atoms in total. The first kappa shape index (κ1) is 12.6. The van der Waals surface area contributed by atoms with E-state index in [1.54, 1.807) is 20.4 Å². The van der Waals surface area contributed by atoms with Crippen LogP contribution in [0.3, 0.4) is 0 Å². The Morgan fingerprint density at radius 2 is 2.25 bits per heavy atom. The quantitative estimate of drug-likeness (QED) is 0.740. The molecular formula is C11H19N3O2. The highest BCUT2D eigenvalue weighted by molar-refractivity contribution is 5.73. The Hall–Kier alpha value is -1.49. The van der Waals surface area contributed by atoms with Crippen molar-refractivity contribution in [2.24, 2.45) is 0 Å². The van der Waals surface area contributed by atoms with E-state index in [4.69, 9.17) is 4.42 Å². The molecule has 0 aliphatic carbocycles. The van der Waals surface area contributed by atoms with Crippen LogP contribution in [0.2, 0.25) is 0 Å². The van der Waals surface area contributed by atoms with Gasteiger partial charge in [-0.15, -0.1) is 0 Å². The van der Waals surface area contributed by atoms with Crippen molar-refractivity contribution in [3.05, 3.63) is 24.2 Å². The number of nitrogens with one attached hydrogen (secondary N) is 2. The normalized spacial score (nSPS) is 12.2. The summed E-state index contributed by atoms with van der Waals surface area (Å²) in [5, 5.41) is 6.03. The summed E-state index contributed by atoms with van der Waals surface area (Å²) in [6.07, 6.45) is 1.65. The maximum absolute atomic E-state index is 11.2. The van der Waals surface area contributed by atoms with Crippen LogP contribution in [0.4, 0.5) is 4.79 Å². The Labute approximate surface area is 95.8 Å². The minimum absolute atomic E-state index is 0.0764. The van der Waals surface area contributed by atoms with Crippen molar-refractivity contribution in [3.63, 3.8) is 0 Å². The Bertz CT molecular complexity index is 309. The third kappa shape index (κ3) is 3.94. The number of hydrogen-bond acceptors (Lipinski definition) is 3. The number of urea groups is 1. The zero-order chi connectivity index (χ0) is 12.0. The Morgan fingerprint density at radius 3 is 2.81 bits per heavy atom. The van der Waals surface area contributed by atoms with Crippen LogP contribution in [-0.4, -0.2) is 38.1 Å².